The van der Waals surface area contributed by atoms with Crippen LogP contribution in [0.15, 0.2) is 64.2 Å². The summed E-state index contributed by atoms with van der Waals surface area (Å²) in [6, 6.07) is 15.6. The van der Waals surface area contributed by atoms with Crippen molar-refractivity contribution in [2.75, 3.05) is 16.7 Å². The molecule has 0 bridgehead atoms. The number of anilines is 2. The van der Waals surface area contributed by atoms with Gasteiger partial charge in [-0.05, 0) is 72.8 Å². The van der Waals surface area contributed by atoms with Crippen LogP contribution in [0.2, 0.25) is 0 Å². The molecule has 3 aromatic rings. The Morgan fingerprint density at radius 3 is 2.19 bits per heavy atom. The molecule has 0 saturated heterocycles. The fourth-order valence-electron chi connectivity index (χ4n) is 2.76. The van der Waals surface area contributed by atoms with E-state index in [1.54, 1.807) is 41.8 Å². The molecular formula is C20H20N2O3S2. The maximum atomic E-state index is 12.6. The summed E-state index contributed by atoms with van der Waals surface area (Å²) in [5.74, 6) is -0.240. The van der Waals surface area contributed by atoms with Gasteiger partial charge in [-0.15, -0.1) is 11.3 Å². The average Bonchev–Trinajstić information content (AvgIpc) is 3.16. The van der Waals surface area contributed by atoms with Crippen molar-refractivity contribution in [2.24, 2.45) is 0 Å². The first-order chi connectivity index (χ1) is 12.8. The summed E-state index contributed by atoms with van der Waals surface area (Å²) in [4.78, 5) is 12.5. The molecule has 1 aromatic heterocycles. The molecule has 27 heavy (non-hydrogen) atoms. The van der Waals surface area contributed by atoms with Gasteiger partial charge in [-0.2, -0.15) is 0 Å². The fourth-order valence-corrected chi connectivity index (χ4v) is 5.11. The lowest BCUT2D eigenvalue weighted by Crippen LogP contribution is -2.25. The minimum Gasteiger partial charge on any atom is -0.322 e. The second kappa shape index (κ2) is 7.54. The number of benzene rings is 2. The molecule has 0 saturated carbocycles. The summed E-state index contributed by atoms with van der Waals surface area (Å²) in [7, 11) is -2.09. The molecule has 140 valence electrons. The molecule has 1 amide bonds. The van der Waals surface area contributed by atoms with Gasteiger partial charge >= 0.3 is 0 Å². The zero-order valence-corrected chi connectivity index (χ0v) is 16.9. The number of nitrogens with one attached hydrogen (secondary N) is 1. The van der Waals surface area contributed by atoms with E-state index in [1.807, 2.05) is 32.0 Å². The quantitative estimate of drug-likeness (QED) is 0.688. The van der Waals surface area contributed by atoms with Gasteiger partial charge in [0, 0.05) is 18.3 Å². The highest BCUT2D eigenvalue weighted by molar-refractivity contribution is 7.94. The highest BCUT2D eigenvalue weighted by Crippen LogP contribution is 2.25. The molecule has 1 heterocycles. The normalized spacial score (nSPS) is 11.2. The van der Waals surface area contributed by atoms with Crippen molar-refractivity contribution in [1.82, 2.24) is 0 Å². The smallest absolute Gasteiger partial charge is 0.273 e. The highest BCUT2D eigenvalue weighted by atomic mass is 32.2. The van der Waals surface area contributed by atoms with Crippen molar-refractivity contribution in [2.45, 2.75) is 18.1 Å². The highest BCUT2D eigenvalue weighted by Gasteiger charge is 2.22. The zero-order chi connectivity index (χ0) is 19.6. The van der Waals surface area contributed by atoms with Crippen LogP contribution in [-0.2, 0) is 10.0 Å². The number of amides is 1. The summed E-state index contributed by atoms with van der Waals surface area (Å²) in [6.07, 6.45) is 0. The van der Waals surface area contributed by atoms with Crippen LogP contribution in [0.5, 0.6) is 0 Å². The first-order valence-electron chi connectivity index (χ1n) is 8.29. The van der Waals surface area contributed by atoms with Gasteiger partial charge in [0.05, 0.1) is 5.69 Å². The molecule has 0 aliphatic heterocycles. The van der Waals surface area contributed by atoms with Gasteiger partial charge in [-0.1, -0.05) is 12.1 Å². The first-order valence-corrected chi connectivity index (χ1v) is 10.6. The van der Waals surface area contributed by atoms with Crippen LogP contribution in [0.3, 0.4) is 0 Å². The van der Waals surface area contributed by atoms with Crippen LogP contribution in [0.1, 0.15) is 21.5 Å². The molecule has 1 N–H and O–H groups in total. The number of rotatable bonds is 5. The number of carbonyl (C=O) groups excluding carboxylic acids is 1. The molecule has 3 rings (SSSR count). The van der Waals surface area contributed by atoms with Crippen LogP contribution < -0.4 is 9.62 Å². The van der Waals surface area contributed by atoms with Crippen molar-refractivity contribution in [3.63, 3.8) is 0 Å². The van der Waals surface area contributed by atoms with E-state index in [9.17, 15) is 13.2 Å². The Morgan fingerprint density at radius 2 is 1.63 bits per heavy atom. The third kappa shape index (κ3) is 4.20. The zero-order valence-electron chi connectivity index (χ0n) is 15.3. The van der Waals surface area contributed by atoms with Crippen molar-refractivity contribution in [1.29, 1.82) is 0 Å². The molecule has 0 unspecified atom stereocenters. The maximum absolute atomic E-state index is 12.6. The fraction of sp³-hybridized carbons (Fsp3) is 0.150. The minimum absolute atomic E-state index is 0.240. The number of carbonyl (C=O) groups is 1. The Kier molecular flexibility index (Phi) is 5.34. The minimum atomic E-state index is -3.59. The van der Waals surface area contributed by atoms with Crippen molar-refractivity contribution >= 4 is 38.6 Å². The summed E-state index contributed by atoms with van der Waals surface area (Å²) in [6.45, 7) is 3.95. The van der Waals surface area contributed by atoms with Gasteiger partial charge in [0.25, 0.3) is 15.9 Å². The molecule has 2 aromatic carbocycles. The van der Waals surface area contributed by atoms with Crippen molar-refractivity contribution in [3.05, 3.63) is 76.7 Å². The maximum Gasteiger partial charge on any atom is 0.273 e. The number of nitrogens with zero attached hydrogens (tertiary/aromatic N) is 1. The molecule has 0 aliphatic carbocycles. The molecule has 0 aliphatic rings. The lowest BCUT2D eigenvalue weighted by molar-refractivity contribution is 0.102. The third-order valence-corrected chi connectivity index (χ3v) is 7.24. The molecule has 7 heteroatoms. The lowest BCUT2D eigenvalue weighted by Gasteiger charge is -2.18. The van der Waals surface area contributed by atoms with Gasteiger partial charge in [0.2, 0.25) is 0 Å². The number of sulfonamides is 1. The predicted octanol–water partition coefficient (Wildman–Crippen LogP) is 4.44. The summed E-state index contributed by atoms with van der Waals surface area (Å²) in [5.41, 5.74) is 3.83. The predicted molar refractivity (Wildman–Crippen MR) is 110 cm³/mol. The van der Waals surface area contributed by atoms with E-state index in [0.29, 0.717) is 11.3 Å². The van der Waals surface area contributed by atoms with Crippen LogP contribution in [0.4, 0.5) is 11.4 Å². The summed E-state index contributed by atoms with van der Waals surface area (Å²) < 4.78 is 26.6. The molecule has 0 atom stereocenters. The topological polar surface area (TPSA) is 66.5 Å². The largest absolute Gasteiger partial charge is 0.322 e. The average molecular weight is 401 g/mol. The SMILES string of the molecule is Cc1cc(C)cc(NC(=O)c2ccc(N(C)S(=O)(=O)c3cccs3)cc2)c1. The van der Waals surface area contributed by atoms with E-state index in [4.69, 9.17) is 0 Å². The summed E-state index contributed by atoms with van der Waals surface area (Å²) >= 11 is 1.17. The Labute approximate surface area is 163 Å². The van der Waals surface area contributed by atoms with E-state index in [1.165, 1.54) is 22.7 Å². The van der Waals surface area contributed by atoms with Gasteiger partial charge in [0.15, 0.2) is 0 Å². The van der Waals surface area contributed by atoms with E-state index in [2.05, 4.69) is 5.32 Å². The standard InChI is InChI=1S/C20H20N2O3S2/c1-14-11-15(2)13-17(12-14)21-20(23)16-6-8-18(9-7-16)22(3)27(24,25)19-5-4-10-26-19/h4-13H,1-3H3,(H,21,23). The number of aryl methyl sites for hydroxylation is 2. The number of hydrogen-bond acceptors (Lipinski definition) is 4. The van der Waals surface area contributed by atoms with Gasteiger partial charge in [0.1, 0.15) is 4.21 Å². The number of hydrogen-bond donors (Lipinski definition) is 1. The van der Waals surface area contributed by atoms with Crippen LogP contribution in [-0.4, -0.2) is 21.4 Å². The molecule has 0 spiro atoms. The Bertz CT molecular complexity index is 1040. The van der Waals surface area contributed by atoms with Gasteiger partial charge in [-0.3, -0.25) is 9.10 Å². The van der Waals surface area contributed by atoms with E-state index < -0.39 is 10.0 Å². The second-order valence-corrected chi connectivity index (χ2v) is 9.43. The Balaban J connectivity index is 1.77. The van der Waals surface area contributed by atoms with Gasteiger partial charge in [-0.25, -0.2) is 8.42 Å². The Morgan fingerprint density at radius 1 is 1.00 bits per heavy atom. The van der Waals surface area contributed by atoms with Crippen LogP contribution >= 0.6 is 11.3 Å². The molecule has 0 fully saturated rings. The molecule has 0 radical (unpaired) electrons. The first kappa shape index (κ1) is 19.1. The monoisotopic (exact) mass is 400 g/mol. The lowest BCUT2D eigenvalue weighted by atomic mass is 10.1. The number of thiophene rings is 1. The molecular weight excluding hydrogens is 380 g/mol. The van der Waals surface area contributed by atoms with Crippen molar-refractivity contribution in [3.8, 4) is 0 Å². The third-order valence-electron chi connectivity index (χ3n) is 4.08. The summed E-state index contributed by atoms with van der Waals surface area (Å²) in [5, 5.41) is 4.60. The second-order valence-electron chi connectivity index (χ2n) is 6.28. The van der Waals surface area contributed by atoms with Crippen LogP contribution in [0, 0.1) is 13.8 Å². The van der Waals surface area contributed by atoms with Gasteiger partial charge < -0.3 is 5.32 Å². The Hall–Kier alpha value is -2.64. The van der Waals surface area contributed by atoms with E-state index in [-0.39, 0.29) is 10.1 Å². The van der Waals surface area contributed by atoms with E-state index in [0.717, 1.165) is 16.8 Å². The van der Waals surface area contributed by atoms with Crippen molar-refractivity contribution < 1.29 is 13.2 Å². The van der Waals surface area contributed by atoms with Crippen LogP contribution in [0.25, 0.3) is 0 Å². The van der Waals surface area contributed by atoms with E-state index >= 15 is 0 Å². The molecule has 5 nitrogen and oxygen atoms in total.